The first-order chi connectivity index (χ1) is 13.1. The first-order valence-electron chi connectivity index (χ1n) is 8.16. The summed E-state index contributed by atoms with van der Waals surface area (Å²) in [6, 6.07) is 0. The van der Waals surface area contributed by atoms with Gasteiger partial charge in [0.1, 0.15) is 19.3 Å². The van der Waals surface area contributed by atoms with Gasteiger partial charge in [-0.1, -0.05) is 5.92 Å². The van der Waals surface area contributed by atoms with Crippen molar-refractivity contribution in [3.8, 4) is 10.8 Å². The van der Waals surface area contributed by atoms with Crippen molar-refractivity contribution in [1.29, 1.82) is 0 Å². The van der Waals surface area contributed by atoms with Gasteiger partial charge in [-0.3, -0.25) is 19.2 Å². The summed E-state index contributed by atoms with van der Waals surface area (Å²) >= 11 is 2.91. The third-order valence-corrected chi connectivity index (χ3v) is 3.62. The van der Waals surface area contributed by atoms with Gasteiger partial charge in [-0.05, 0) is 4.83 Å². The molecule has 1 aliphatic heterocycles. The molecule has 10 nitrogen and oxygen atoms in total. The van der Waals surface area contributed by atoms with Crippen LogP contribution >= 0.6 is 15.9 Å². The molecule has 11 heteroatoms. The standard InChI is InChI=1S/C17H21BrO10/c1-9(19)24-8-13-14(25-10(2)20)15(26-11(3)21)16(27-12(4)22)17(28-13)23-7-5-6-18/h13-17H,7-8H2,1-4H3/t13-,14-,15+,16-,17-/m1/s1. The fourth-order valence-corrected chi connectivity index (χ4v) is 2.59. The maximum atomic E-state index is 11.6. The van der Waals surface area contributed by atoms with Crippen molar-refractivity contribution >= 4 is 39.8 Å². The molecule has 1 heterocycles. The van der Waals surface area contributed by atoms with Gasteiger partial charge in [0.15, 0.2) is 24.6 Å². The van der Waals surface area contributed by atoms with Crippen molar-refractivity contribution in [2.75, 3.05) is 13.2 Å². The van der Waals surface area contributed by atoms with E-state index in [1.807, 2.05) is 0 Å². The number of rotatable bonds is 7. The van der Waals surface area contributed by atoms with E-state index in [0.29, 0.717) is 0 Å². The Balaban J connectivity index is 3.25. The summed E-state index contributed by atoms with van der Waals surface area (Å²) in [6.07, 6.45) is -6.01. The van der Waals surface area contributed by atoms with Crippen molar-refractivity contribution < 1.29 is 47.6 Å². The predicted octanol–water partition coefficient (Wildman–Crippen LogP) is 0.442. The summed E-state index contributed by atoms with van der Waals surface area (Å²) < 4.78 is 31.8. The minimum Gasteiger partial charge on any atom is -0.463 e. The molecule has 1 saturated heterocycles. The van der Waals surface area contributed by atoms with Crippen molar-refractivity contribution in [2.45, 2.75) is 58.4 Å². The van der Waals surface area contributed by atoms with Crippen molar-refractivity contribution in [3.63, 3.8) is 0 Å². The van der Waals surface area contributed by atoms with Crippen LogP contribution in [-0.2, 0) is 47.6 Å². The second-order valence-corrected chi connectivity index (χ2v) is 6.05. The smallest absolute Gasteiger partial charge is 0.303 e. The molecule has 0 aliphatic carbocycles. The Kier molecular flexibility index (Phi) is 9.92. The van der Waals surface area contributed by atoms with Crippen LogP contribution in [0.25, 0.3) is 0 Å². The third-order valence-electron chi connectivity index (χ3n) is 3.33. The van der Waals surface area contributed by atoms with E-state index in [2.05, 4.69) is 26.7 Å². The van der Waals surface area contributed by atoms with E-state index in [1.54, 1.807) is 0 Å². The number of carbonyl (C=O) groups is 4. The Hall–Kier alpha value is -2.16. The molecule has 0 radical (unpaired) electrons. The fourth-order valence-electron chi connectivity index (χ4n) is 2.47. The lowest BCUT2D eigenvalue weighted by atomic mass is 9.98. The summed E-state index contributed by atoms with van der Waals surface area (Å²) in [6.45, 7) is 4.18. The molecule has 1 fully saturated rings. The van der Waals surface area contributed by atoms with Gasteiger partial charge < -0.3 is 28.4 Å². The molecular weight excluding hydrogens is 444 g/mol. The highest BCUT2D eigenvalue weighted by molar-refractivity contribution is 9.12. The first kappa shape index (κ1) is 23.9. The van der Waals surface area contributed by atoms with Crippen LogP contribution in [0.15, 0.2) is 0 Å². The Morgan fingerprint density at radius 1 is 0.857 bits per heavy atom. The van der Waals surface area contributed by atoms with Crippen LogP contribution in [0, 0.1) is 10.8 Å². The number of halogens is 1. The molecule has 0 spiro atoms. The van der Waals surface area contributed by atoms with Gasteiger partial charge >= 0.3 is 23.9 Å². The number of esters is 4. The van der Waals surface area contributed by atoms with Gasteiger partial charge in [0, 0.05) is 43.6 Å². The van der Waals surface area contributed by atoms with Crippen LogP contribution in [-0.4, -0.2) is 67.8 Å². The van der Waals surface area contributed by atoms with E-state index >= 15 is 0 Å². The molecule has 0 N–H and O–H groups in total. The van der Waals surface area contributed by atoms with E-state index in [0.717, 1.165) is 20.8 Å². The lowest BCUT2D eigenvalue weighted by Gasteiger charge is -2.43. The van der Waals surface area contributed by atoms with Crippen molar-refractivity contribution in [3.05, 3.63) is 0 Å². The Bertz CT molecular complexity index is 652. The van der Waals surface area contributed by atoms with Crippen LogP contribution in [0.4, 0.5) is 0 Å². The van der Waals surface area contributed by atoms with Gasteiger partial charge in [0.05, 0.1) is 0 Å². The highest BCUT2D eigenvalue weighted by Crippen LogP contribution is 2.29. The van der Waals surface area contributed by atoms with Crippen LogP contribution in [0.2, 0.25) is 0 Å². The normalized spacial score (nSPS) is 26.2. The average molecular weight is 465 g/mol. The van der Waals surface area contributed by atoms with Crippen LogP contribution in [0.1, 0.15) is 27.7 Å². The molecule has 0 aromatic rings. The van der Waals surface area contributed by atoms with Crippen LogP contribution in [0.3, 0.4) is 0 Å². The Morgan fingerprint density at radius 2 is 1.39 bits per heavy atom. The van der Waals surface area contributed by atoms with E-state index in [-0.39, 0.29) is 13.2 Å². The fraction of sp³-hybridized carbons (Fsp3) is 0.647. The van der Waals surface area contributed by atoms with E-state index in [9.17, 15) is 19.2 Å². The van der Waals surface area contributed by atoms with Gasteiger partial charge in [0.2, 0.25) is 0 Å². The van der Waals surface area contributed by atoms with E-state index < -0.39 is 54.6 Å². The quantitative estimate of drug-likeness (QED) is 0.297. The molecule has 0 aromatic heterocycles. The summed E-state index contributed by atoms with van der Waals surface area (Å²) in [5.41, 5.74) is 0. The SMILES string of the molecule is CC(=O)OC[C@H]1O[C@@H](OCC#CBr)[C@H](OC(C)=O)[C@@H](OC(C)=O)[C@@H]1OC(C)=O. The molecule has 0 bridgehead atoms. The number of hydrogen-bond acceptors (Lipinski definition) is 10. The van der Waals surface area contributed by atoms with Crippen LogP contribution < -0.4 is 0 Å². The van der Waals surface area contributed by atoms with Gasteiger partial charge in [-0.15, -0.1) is 0 Å². The largest absolute Gasteiger partial charge is 0.463 e. The summed E-state index contributed by atoms with van der Waals surface area (Å²) in [5.74, 6) is -0.142. The Morgan fingerprint density at radius 3 is 1.89 bits per heavy atom. The van der Waals surface area contributed by atoms with E-state index in [1.165, 1.54) is 6.92 Å². The van der Waals surface area contributed by atoms with Crippen molar-refractivity contribution in [2.24, 2.45) is 0 Å². The molecule has 0 unspecified atom stereocenters. The molecule has 28 heavy (non-hydrogen) atoms. The van der Waals surface area contributed by atoms with Crippen LogP contribution in [0.5, 0.6) is 0 Å². The molecule has 156 valence electrons. The highest BCUT2D eigenvalue weighted by atomic mass is 79.9. The van der Waals surface area contributed by atoms with Crippen molar-refractivity contribution in [1.82, 2.24) is 0 Å². The van der Waals surface area contributed by atoms with Gasteiger partial charge in [0.25, 0.3) is 0 Å². The monoisotopic (exact) mass is 464 g/mol. The zero-order valence-corrected chi connectivity index (χ0v) is 17.3. The molecule has 5 atom stereocenters. The molecule has 0 saturated carbocycles. The molecule has 1 aliphatic rings. The summed E-state index contributed by atoms with van der Waals surface area (Å²) in [4.78, 5) is 48.4. The summed E-state index contributed by atoms with van der Waals surface area (Å²) in [5, 5.41) is 0. The first-order valence-corrected chi connectivity index (χ1v) is 8.95. The molecule has 0 aromatic carbocycles. The lowest BCUT2D eigenvalue weighted by molar-refractivity contribution is -0.305. The average Bonchev–Trinajstić information content (AvgIpc) is 2.57. The topological polar surface area (TPSA) is 124 Å². The zero-order valence-electron chi connectivity index (χ0n) is 15.8. The minimum absolute atomic E-state index is 0.112. The maximum absolute atomic E-state index is 11.6. The molecular formula is C17H21BrO10. The Labute approximate surface area is 170 Å². The van der Waals surface area contributed by atoms with Gasteiger partial charge in [-0.25, -0.2) is 0 Å². The highest BCUT2D eigenvalue weighted by Gasteiger charge is 2.52. The molecule has 0 amide bonds. The molecule has 1 rings (SSSR count). The minimum atomic E-state index is -1.26. The number of hydrogen-bond donors (Lipinski definition) is 0. The second-order valence-electron chi connectivity index (χ2n) is 5.65. The van der Waals surface area contributed by atoms with E-state index in [4.69, 9.17) is 28.4 Å². The number of ether oxygens (including phenoxy) is 6. The summed E-state index contributed by atoms with van der Waals surface area (Å²) in [7, 11) is 0. The maximum Gasteiger partial charge on any atom is 0.303 e. The second kappa shape index (κ2) is 11.6. The zero-order chi connectivity index (χ0) is 21.3. The predicted molar refractivity (Wildman–Crippen MR) is 94.6 cm³/mol. The third kappa shape index (κ3) is 7.84. The lowest BCUT2D eigenvalue weighted by Crippen LogP contribution is -2.63. The van der Waals surface area contributed by atoms with Gasteiger partial charge in [-0.2, -0.15) is 0 Å². The number of carbonyl (C=O) groups excluding carboxylic acids is 4.